The van der Waals surface area contributed by atoms with Crippen LogP contribution in [0.2, 0.25) is 10.0 Å². The van der Waals surface area contributed by atoms with Crippen molar-refractivity contribution in [3.63, 3.8) is 0 Å². The van der Waals surface area contributed by atoms with Gasteiger partial charge in [-0.2, -0.15) is 13.2 Å². The standard InChI is InChI=1S/C22H14Cl2F4N2O5/c23-8-3-10(17(25)12(24)4-8)19-16(22(26,27)28)18(30-35-19)9-1-2-11-15(14(9)13(32)5-31)20(33)34-21(11)6-29-7-21/h1-4,16,19,29,31H,5-7H2. The smallest absolute Gasteiger partial charge is 0.401 e. The maximum Gasteiger partial charge on any atom is 0.401 e. The van der Waals surface area contributed by atoms with Crippen molar-refractivity contribution in [1.29, 1.82) is 0 Å². The number of nitrogens with one attached hydrogen (secondary N) is 1. The van der Waals surface area contributed by atoms with E-state index in [0.717, 1.165) is 12.1 Å². The molecule has 7 nitrogen and oxygen atoms in total. The summed E-state index contributed by atoms with van der Waals surface area (Å²) in [4.78, 5) is 30.5. The van der Waals surface area contributed by atoms with Crippen molar-refractivity contribution >= 4 is 40.7 Å². The van der Waals surface area contributed by atoms with Crippen molar-refractivity contribution in [3.8, 4) is 0 Å². The number of hydrogen-bond donors (Lipinski definition) is 2. The molecule has 0 radical (unpaired) electrons. The van der Waals surface area contributed by atoms with E-state index in [4.69, 9.17) is 32.8 Å². The third-order valence-electron chi connectivity index (χ3n) is 6.25. The van der Waals surface area contributed by atoms with E-state index < -0.39 is 69.8 Å². The Morgan fingerprint density at radius 2 is 1.97 bits per heavy atom. The van der Waals surface area contributed by atoms with Gasteiger partial charge in [0.2, 0.25) is 0 Å². The van der Waals surface area contributed by atoms with Crippen molar-refractivity contribution in [2.45, 2.75) is 17.9 Å². The average Bonchev–Trinajstić information content (AvgIpc) is 3.34. The van der Waals surface area contributed by atoms with Crippen molar-refractivity contribution in [2.24, 2.45) is 11.1 Å². The van der Waals surface area contributed by atoms with Crippen LogP contribution in [0, 0.1) is 11.7 Å². The predicted octanol–water partition coefficient (Wildman–Crippen LogP) is 3.93. The van der Waals surface area contributed by atoms with Crippen LogP contribution in [0.15, 0.2) is 29.4 Å². The molecule has 2 N–H and O–H groups in total. The van der Waals surface area contributed by atoms with Gasteiger partial charge < -0.3 is 20.0 Å². The molecule has 0 aliphatic carbocycles. The summed E-state index contributed by atoms with van der Waals surface area (Å²) in [5.74, 6) is -5.64. The molecule has 0 amide bonds. The minimum absolute atomic E-state index is 0.125. The van der Waals surface area contributed by atoms with Gasteiger partial charge in [-0.15, -0.1) is 0 Å². The number of ketones is 1. The first-order valence-electron chi connectivity index (χ1n) is 10.2. The molecule has 35 heavy (non-hydrogen) atoms. The van der Waals surface area contributed by atoms with Crippen LogP contribution < -0.4 is 5.32 Å². The van der Waals surface area contributed by atoms with Crippen LogP contribution in [0.25, 0.3) is 0 Å². The van der Waals surface area contributed by atoms with E-state index in [1.54, 1.807) is 0 Å². The second kappa shape index (κ2) is 8.16. The molecule has 3 aliphatic heterocycles. The zero-order valence-corrected chi connectivity index (χ0v) is 18.9. The Labute approximate surface area is 204 Å². The molecular formula is C22H14Cl2F4N2O5. The third kappa shape index (κ3) is 3.60. The van der Waals surface area contributed by atoms with E-state index in [9.17, 15) is 32.3 Å². The van der Waals surface area contributed by atoms with Gasteiger partial charge in [0.1, 0.15) is 24.1 Å². The molecule has 0 bridgehead atoms. The zero-order valence-electron chi connectivity index (χ0n) is 17.4. The number of aliphatic hydroxyl groups is 1. The lowest BCUT2D eigenvalue weighted by molar-refractivity contribution is -0.178. The van der Waals surface area contributed by atoms with E-state index in [1.807, 2.05) is 0 Å². The fourth-order valence-electron chi connectivity index (χ4n) is 4.61. The maximum absolute atomic E-state index is 14.7. The summed E-state index contributed by atoms with van der Waals surface area (Å²) < 4.78 is 63.1. The lowest BCUT2D eigenvalue weighted by atomic mass is 9.80. The number of hydrogen-bond acceptors (Lipinski definition) is 7. The van der Waals surface area contributed by atoms with Gasteiger partial charge in [0.15, 0.2) is 17.5 Å². The molecule has 3 aliphatic rings. The number of nitrogens with zero attached hydrogens (tertiary/aromatic N) is 1. The number of rotatable bonds is 4. The lowest BCUT2D eigenvalue weighted by Crippen LogP contribution is -2.57. The summed E-state index contributed by atoms with van der Waals surface area (Å²) in [5.41, 5.74) is -3.18. The molecule has 0 saturated carbocycles. The Kier molecular flexibility index (Phi) is 5.59. The van der Waals surface area contributed by atoms with Crippen LogP contribution >= 0.6 is 23.2 Å². The fourth-order valence-corrected chi connectivity index (χ4v) is 5.12. The zero-order chi connectivity index (χ0) is 25.3. The highest BCUT2D eigenvalue weighted by Crippen LogP contribution is 2.48. The van der Waals surface area contributed by atoms with Gasteiger partial charge in [0.25, 0.3) is 0 Å². The predicted molar refractivity (Wildman–Crippen MR) is 114 cm³/mol. The topological polar surface area (TPSA) is 97.2 Å². The first-order chi connectivity index (χ1) is 16.5. The number of carbonyl (C=O) groups is 2. The highest BCUT2D eigenvalue weighted by atomic mass is 35.5. The molecule has 3 heterocycles. The molecule has 13 heteroatoms. The van der Waals surface area contributed by atoms with E-state index in [0.29, 0.717) is 5.56 Å². The van der Waals surface area contributed by atoms with E-state index in [-0.39, 0.29) is 29.2 Å². The van der Waals surface area contributed by atoms with Crippen molar-refractivity contribution in [3.05, 3.63) is 67.9 Å². The van der Waals surface area contributed by atoms with Crippen molar-refractivity contribution in [2.75, 3.05) is 19.7 Å². The molecule has 2 atom stereocenters. The minimum atomic E-state index is -5.03. The van der Waals surface area contributed by atoms with Gasteiger partial charge in [-0.3, -0.25) is 4.79 Å². The van der Waals surface area contributed by atoms with Crippen LogP contribution in [0.3, 0.4) is 0 Å². The highest BCUT2D eigenvalue weighted by molar-refractivity contribution is 6.34. The van der Waals surface area contributed by atoms with Crippen LogP contribution in [-0.4, -0.2) is 48.4 Å². The molecule has 184 valence electrons. The Morgan fingerprint density at radius 1 is 1.26 bits per heavy atom. The van der Waals surface area contributed by atoms with E-state index >= 15 is 0 Å². The summed E-state index contributed by atoms with van der Waals surface area (Å²) in [6, 6.07) is 4.54. The van der Waals surface area contributed by atoms with Crippen LogP contribution in [0.1, 0.15) is 43.5 Å². The largest absolute Gasteiger partial charge is 0.448 e. The monoisotopic (exact) mass is 532 g/mol. The second-order valence-electron chi connectivity index (χ2n) is 8.29. The van der Waals surface area contributed by atoms with Crippen LogP contribution in [0.5, 0.6) is 0 Å². The number of halogens is 6. The number of Topliss-reactive ketones (excluding diaryl/α,β-unsaturated/α-hetero) is 1. The number of benzene rings is 2. The number of oxime groups is 1. The number of fused-ring (bicyclic) bond motifs is 2. The SMILES string of the molecule is O=C(CO)c1c(C2=NOC(c3cc(Cl)cc(Cl)c3F)C2C(F)(F)F)ccc2c1C(=O)OC21CNC1. The Hall–Kier alpha value is -2.73. The van der Waals surface area contributed by atoms with E-state index in [1.165, 1.54) is 12.1 Å². The first kappa shape index (κ1) is 24.0. The fraction of sp³-hybridized carbons (Fsp3) is 0.318. The Morgan fingerprint density at radius 3 is 2.57 bits per heavy atom. The normalized spacial score (nSPS) is 22.4. The Balaban J connectivity index is 1.68. The van der Waals surface area contributed by atoms with Crippen LogP contribution in [0.4, 0.5) is 17.6 Å². The van der Waals surface area contributed by atoms with Gasteiger partial charge in [-0.25, -0.2) is 9.18 Å². The van der Waals surface area contributed by atoms with Gasteiger partial charge in [0.05, 0.1) is 10.6 Å². The number of ether oxygens (including phenoxy) is 1. The number of esters is 1. The summed E-state index contributed by atoms with van der Waals surface area (Å²) in [6.07, 6.45) is -7.04. The van der Waals surface area contributed by atoms with Crippen molar-refractivity contribution in [1.82, 2.24) is 5.32 Å². The second-order valence-corrected chi connectivity index (χ2v) is 9.14. The first-order valence-corrected chi connectivity index (χ1v) is 10.9. The molecular weight excluding hydrogens is 519 g/mol. The summed E-state index contributed by atoms with van der Waals surface area (Å²) in [7, 11) is 0. The molecule has 5 rings (SSSR count). The molecule has 0 aromatic heterocycles. The number of aliphatic hydroxyl groups excluding tert-OH is 1. The van der Waals surface area contributed by atoms with Gasteiger partial charge in [-0.05, 0) is 12.1 Å². The average molecular weight is 533 g/mol. The quantitative estimate of drug-likeness (QED) is 0.268. The van der Waals surface area contributed by atoms with Crippen molar-refractivity contribution < 1.29 is 41.8 Å². The van der Waals surface area contributed by atoms with Gasteiger partial charge in [-0.1, -0.05) is 40.5 Å². The highest BCUT2D eigenvalue weighted by Gasteiger charge is 2.57. The summed E-state index contributed by atoms with van der Waals surface area (Å²) in [5, 5.41) is 15.4. The molecule has 2 aromatic carbocycles. The molecule has 1 spiro atoms. The lowest BCUT2D eigenvalue weighted by Gasteiger charge is -2.38. The summed E-state index contributed by atoms with van der Waals surface area (Å²) >= 11 is 11.6. The van der Waals surface area contributed by atoms with Gasteiger partial charge >= 0.3 is 12.1 Å². The number of alkyl halides is 3. The molecule has 1 saturated heterocycles. The Bertz CT molecular complexity index is 1310. The summed E-state index contributed by atoms with van der Waals surface area (Å²) in [6.45, 7) is -0.581. The van der Waals surface area contributed by atoms with Crippen LogP contribution in [-0.2, 0) is 15.2 Å². The minimum Gasteiger partial charge on any atom is -0.448 e. The molecule has 2 unspecified atom stereocenters. The van der Waals surface area contributed by atoms with E-state index in [2.05, 4.69) is 10.5 Å². The molecule has 2 aromatic rings. The third-order valence-corrected chi connectivity index (χ3v) is 6.74. The van der Waals surface area contributed by atoms with Gasteiger partial charge in [0, 0.05) is 40.4 Å². The maximum atomic E-state index is 14.7. The number of carbonyl (C=O) groups excluding carboxylic acids is 2. The molecule has 1 fully saturated rings.